The molecule has 0 bridgehead atoms. The first-order chi connectivity index (χ1) is 10.1. The van der Waals surface area contributed by atoms with Crippen molar-refractivity contribution in [2.45, 2.75) is 17.7 Å². The molecule has 0 spiro atoms. The Hall–Kier alpha value is -1.31. The standard InChI is InChI=1S/C14H18FN3O2S.ClH/c15-10-4-2-1-3-9(10)7-12-14(20)18-11(8-21-12)13(19)17-6-5-16;/h1-4,11-12H,5-8,16H2,(H,17,19)(H,18,20);1H. The highest BCUT2D eigenvalue weighted by molar-refractivity contribution is 8.00. The maximum atomic E-state index is 13.6. The van der Waals surface area contributed by atoms with Gasteiger partial charge in [0, 0.05) is 18.8 Å². The van der Waals surface area contributed by atoms with E-state index in [2.05, 4.69) is 10.6 Å². The molecular weight excluding hydrogens is 329 g/mol. The minimum absolute atomic E-state index is 0. The third-order valence-electron chi connectivity index (χ3n) is 3.20. The minimum Gasteiger partial charge on any atom is -0.353 e. The smallest absolute Gasteiger partial charge is 0.243 e. The number of hydrogen-bond acceptors (Lipinski definition) is 4. The molecule has 1 aliphatic rings. The van der Waals surface area contributed by atoms with Crippen LogP contribution in [-0.2, 0) is 16.0 Å². The van der Waals surface area contributed by atoms with Crippen LogP contribution in [0.1, 0.15) is 5.56 Å². The second-order valence-electron chi connectivity index (χ2n) is 4.76. The topological polar surface area (TPSA) is 84.2 Å². The molecule has 2 rings (SSSR count). The maximum absolute atomic E-state index is 13.6. The first-order valence-electron chi connectivity index (χ1n) is 6.75. The predicted octanol–water partition coefficient (Wildman–Crippen LogP) is 0.465. The van der Waals surface area contributed by atoms with Crippen molar-refractivity contribution in [1.82, 2.24) is 10.6 Å². The lowest BCUT2D eigenvalue weighted by molar-refractivity contribution is -0.128. The Balaban J connectivity index is 0.00000242. The van der Waals surface area contributed by atoms with Crippen LogP contribution in [0.5, 0.6) is 0 Å². The number of benzene rings is 1. The van der Waals surface area contributed by atoms with Gasteiger partial charge >= 0.3 is 0 Å². The van der Waals surface area contributed by atoms with E-state index in [1.54, 1.807) is 18.2 Å². The molecule has 8 heteroatoms. The molecule has 22 heavy (non-hydrogen) atoms. The summed E-state index contributed by atoms with van der Waals surface area (Å²) in [6.45, 7) is 0.740. The molecule has 0 aliphatic carbocycles. The highest BCUT2D eigenvalue weighted by Gasteiger charge is 2.32. The summed E-state index contributed by atoms with van der Waals surface area (Å²) < 4.78 is 13.6. The molecule has 1 heterocycles. The lowest BCUT2D eigenvalue weighted by Gasteiger charge is -2.28. The first kappa shape index (κ1) is 18.7. The van der Waals surface area contributed by atoms with Gasteiger partial charge in [-0.05, 0) is 18.1 Å². The molecule has 0 aromatic heterocycles. The summed E-state index contributed by atoms with van der Waals surface area (Å²) in [5.74, 6) is -0.303. The van der Waals surface area contributed by atoms with Gasteiger partial charge in [-0.3, -0.25) is 9.59 Å². The molecular formula is C14H19ClFN3O2S. The van der Waals surface area contributed by atoms with E-state index in [-0.39, 0.29) is 35.3 Å². The zero-order chi connectivity index (χ0) is 15.2. The Bertz CT molecular complexity index is 533. The summed E-state index contributed by atoms with van der Waals surface area (Å²) in [4.78, 5) is 23.8. The molecule has 2 atom stereocenters. The van der Waals surface area contributed by atoms with Crippen LogP contribution in [0.25, 0.3) is 0 Å². The third-order valence-corrected chi connectivity index (χ3v) is 4.51. The highest BCUT2D eigenvalue weighted by Crippen LogP contribution is 2.23. The van der Waals surface area contributed by atoms with Crippen LogP contribution in [0.15, 0.2) is 24.3 Å². The summed E-state index contributed by atoms with van der Waals surface area (Å²) in [5, 5.41) is 4.95. The van der Waals surface area contributed by atoms with E-state index in [9.17, 15) is 14.0 Å². The molecule has 0 saturated carbocycles. The molecule has 2 unspecified atom stereocenters. The maximum Gasteiger partial charge on any atom is 0.243 e. The van der Waals surface area contributed by atoms with Crippen molar-refractivity contribution < 1.29 is 14.0 Å². The van der Waals surface area contributed by atoms with Gasteiger partial charge in [-0.1, -0.05) is 18.2 Å². The Labute approximate surface area is 139 Å². The zero-order valence-corrected chi connectivity index (χ0v) is 13.5. The minimum atomic E-state index is -0.550. The second kappa shape index (κ2) is 8.97. The summed E-state index contributed by atoms with van der Waals surface area (Å²) in [6.07, 6.45) is 0.320. The molecule has 5 nitrogen and oxygen atoms in total. The van der Waals surface area contributed by atoms with E-state index in [0.29, 0.717) is 30.8 Å². The monoisotopic (exact) mass is 347 g/mol. The SMILES string of the molecule is Cl.NCCNC(=O)C1CSC(Cc2ccccc2F)C(=O)N1. The Morgan fingerprint density at radius 2 is 2.18 bits per heavy atom. The van der Waals surface area contributed by atoms with Gasteiger partial charge in [0.05, 0.1) is 5.25 Å². The van der Waals surface area contributed by atoms with Gasteiger partial charge in [-0.15, -0.1) is 24.2 Å². The van der Waals surface area contributed by atoms with Crippen molar-refractivity contribution >= 4 is 36.0 Å². The summed E-state index contributed by atoms with van der Waals surface area (Å²) in [6, 6.07) is 5.86. The van der Waals surface area contributed by atoms with Gasteiger partial charge in [0.2, 0.25) is 11.8 Å². The van der Waals surface area contributed by atoms with E-state index < -0.39 is 6.04 Å². The Kier molecular flexibility index (Phi) is 7.64. The number of carbonyl (C=O) groups is 2. The number of halogens is 2. The molecule has 4 N–H and O–H groups in total. The number of thioether (sulfide) groups is 1. The van der Waals surface area contributed by atoms with Crippen molar-refractivity contribution in [2.24, 2.45) is 5.73 Å². The van der Waals surface area contributed by atoms with Crippen LogP contribution in [0.4, 0.5) is 4.39 Å². The Morgan fingerprint density at radius 3 is 2.82 bits per heavy atom. The summed E-state index contributed by atoms with van der Waals surface area (Å²) in [7, 11) is 0. The van der Waals surface area contributed by atoms with Gasteiger partial charge in [0.1, 0.15) is 11.9 Å². The normalized spacial score (nSPS) is 20.7. The summed E-state index contributed by atoms with van der Waals surface area (Å²) >= 11 is 1.37. The fraction of sp³-hybridized carbons (Fsp3) is 0.429. The van der Waals surface area contributed by atoms with Gasteiger partial charge in [0.25, 0.3) is 0 Å². The lowest BCUT2D eigenvalue weighted by atomic mass is 10.1. The first-order valence-corrected chi connectivity index (χ1v) is 7.80. The average molecular weight is 348 g/mol. The van der Waals surface area contributed by atoms with Crippen LogP contribution in [-0.4, -0.2) is 41.9 Å². The van der Waals surface area contributed by atoms with Crippen LogP contribution < -0.4 is 16.4 Å². The number of hydrogen-bond donors (Lipinski definition) is 3. The lowest BCUT2D eigenvalue weighted by Crippen LogP contribution is -2.55. The molecule has 1 aromatic rings. The number of rotatable bonds is 5. The Morgan fingerprint density at radius 1 is 1.45 bits per heavy atom. The van der Waals surface area contributed by atoms with Crippen molar-refractivity contribution in [3.05, 3.63) is 35.6 Å². The molecule has 1 saturated heterocycles. The van der Waals surface area contributed by atoms with Gasteiger partial charge in [-0.25, -0.2) is 4.39 Å². The zero-order valence-electron chi connectivity index (χ0n) is 11.9. The van der Waals surface area contributed by atoms with Gasteiger partial charge < -0.3 is 16.4 Å². The quantitative estimate of drug-likeness (QED) is 0.722. The van der Waals surface area contributed by atoms with Crippen molar-refractivity contribution in [3.8, 4) is 0 Å². The highest BCUT2D eigenvalue weighted by atomic mass is 35.5. The number of amides is 2. The van der Waals surface area contributed by atoms with E-state index in [0.717, 1.165) is 0 Å². The number of carbonyl (C=O) groups excluding carboxylic acids is 2. The van der Waals surface area contributed by atoms with Gasteiger partial charge in [-0.2, -0.15) is 0 Å². The van der Waals surface area contributed by atoms with Crippen LogP contribution in [0.3, 0.4) is 0 Å². The molecule has 2 amide bonds. The van der Waals surface area contributed by atoms with Crippen molar-refractivity contribution in [2.75, 3.05) is 18.8 Å². The molecule has 1 fully saturated rings. The second-order valence-corrected chi connectivity index (χ2v) is 5.99. The molecule has 0 radical (unpaired) electrons. The summed E-state index contributed by atoms with van der Waals surface area (Å²) in [5.41, 5.74) is 5.82. The van der Waals surface area contributed by atoms with Gasteiger partial charge in [0.15, 0.2) is 0 Å². The van der Waals surface area contributed by atoms with Crippen LogP contribution in [0.2, 0.25) is 0 Å². The van der Waals surface area contributed by atoms with E-state index in [1.165, 1.54) is 17.8 Å². The molecule has 122 valence electrons. The van der Waals surface area contributed by atoms with Crippen LogP contribution in [0, 0.1) is 5.82 Å². The predicted molar refractivity (Wildman–Crippen MR) is 87.6 cm³/mol. The molecule has 1 aromatic carbocycles. The number of nitrogens with two attached hydrogens (primary N) is 1. The largest absolute Gasteiger partial charge is 0.353 e. The van der Waals surface area contributed by atoms with Crippen molar-refractivity contribution in [1.29, 1.82) is 0 Å². The van der Waals surface area contributed by atoms with Crippen LogP contribution >= 0.6 is 24.2 Å². The fourth-order valence-corrected chi connectivity index (χ4v) is 3.25. The fourth-order valence-electron chi connectivity index (χ4n) is 2.07. The molecule has 1 aliphatic heterocycles. The van der Waals surface area contributed by atoms with E-state index >= 15 is 0 Å². The third kappa shape index (κ3) is 4.86. The average Bonchev–Trinajstić information content (AvgIpc) is 2.49. The van der Waals surface area contributed by atoms with Crippen molar-refractivity contribution in [3.63, 3.8) is 0 Å². The van der Waals surface area contributed by atoms with E-state index in [4.69, 9.17) is 5.73 Å². The number of nitrogens with one attached hydrogen (secondary N) is 2. The van der Waals surface area contributed by atoms with E-state index in [1.807, 2.05) is 0 Å².